The van der Waals surface area contributed by atoms with Gasteiger partial charge < -0.3 is 4.90 Å². The molecular weight excluding hydrogens is 262 g/mol. The monoisotopic (exact) mass is 283 g/mol. The molecule has 2 aromatic rings. The van der Waals surface area contributed by atoms with Gasteiger partial charge in [0.15, 0.2) is 0 Å². The Morgan fingerprint density at radius 2 is 2.14 bits per heavy atom. The van der Waals surface area contributed by atoms with Crippen molar-refractivity contribution in [1.29, 1.82) is 0 Å². The van der Waals surface area contributed by atoms with Gasteiger partial charge in [-0.1, -0.05) is 13.3 Å². The molecule has 1 aromatic heterocycles. The number of piperidine rings is 1. The zero-order chi connectivity index (χ0) is 14.7. The van der Waals surface area contributed by atoms with E-state index in [9.17, 15) is 4.79 Å². The van der Waals surface area contributed by atoms with Gasteiger partial charge in [-0.25, -0.2) is 4.68 Å². The van der Waals surface area contributed by atoms with E-state index in [-0.39, 0.29) is 5.91 Å². The molecule has 21 heavy (non-hydrogen) atoms. The topological polar surface area (TPSA) is 38.1 Å². The normalized spacial score (nSPS) is 18.7. The molecule has 1 aliphatic rings. The quantitative estimate of drug-likeness (QED) is 0.868. The first-order valence-electron chi connectivity index (χ1n) is 7.67. The second kappa shape index (κ2) is 6.12. The van der Waals surface area contributed by atoms with Gasteiger partial charge in [0.1, 0.15) is 0 Å². The smallest absolute Gasteiger partial charge is 0.253 e. The van der Waals surface area contributed by atoms with Crippen molar-refractivity contribution in [3.63, 3.8) is 0 Å². The van der Waals surface area contributed by atoms with Crippen molar-refractivity contribution in [2.75, 3.05) is 13.1 Å². The van der Waals surface area contributed by atoms with Crippen LogP contribution in [0.5, 0.6) is 0 Å². The first-order valence-corrected chi connectivity index (χ1v) is 7.67. The molecule has 4 nitrogen and oxygen atoms in total. The van der Waals surface area contributed by atoms with Crippen LogP contribution in [0.2, 0.25) is 0 Å². The molecular formula is C17H21N3O. The summed E-state index contributed by atoms with van der Waals surface area (Å²) in [6, 6.07) is 9.57. The number of rotatable bonds is 3. The number of likely N-dealkylation sites (tertiary alicyclic amines) is 1. The van der Waals surface area contributed by atoms with E-state index in [0.29, 0.717) is 5.92 Å². The molecule has 1 unspecified atom stereocenters. The summed E-state index contributed by atoms with van der Waals surface area (Å²) in [6.07, 6.45) is 7.17. The first-order chi connectivity index (χ1) is 10.3. The maximum atomic E-state index is 12.6. The average Bonchev–Trinajstić information content (AvgIpc) is 3.09. The molecule has 1 aromatic carbocycles. The van der Waals surface area contributed by atoms with Crippen molar-refractivity contribution in [2.24, 2.45) is 5.92 Å². The van der Waals surface area contributed by atoms with Crippen LogP contribution < -0.4 is 0 Å². The highest BCUT2D eigenvalue weighted by Crippen LogP contribution is 2.21. The maximum absolute atomic E-state index is 12.6. The van der Waals surface area contributed by atoms with E-state index < -0.39 is 0 Å². The van der Waals surface area contributed by atoms with Crippen LogP contribution >= 0.6 is 0 Å². The lowest BCUT2D eigenvalue weighted by molar-refractivity contribution is 0.0671. The van der Waals surface area contributed by atoms with Crippen LogP contribution in [-0.2, 0) is 0 Å². The van der Waals surface area contributed by atoms with Crippen molar-refractivity contribution in [3.8, 4) is 5.69 Å². The summed E-state index contributed by atoms with van der Waals surface area (Å²) in [5, 5.41) is 4.19. The van der Waals surface area contributed by atoms with Crippen molar-refractivity contribution < 1.29 is 4.79 Å². The number of aromatic nitrogens is 2. The molecule has 2 heterocycles. The summed E-state index contributed by atoms with van der Waals surface area (Å²) in [5.41, 5.74) is 1.74. The minimum absolute atomic E-state index is 0.153. The zero-order valence-electron chi connectivity index (χ0n) is 12.4. The van der Waals surface area contributed by atoms with Crippen molar-refractivity contribution in [1.82, 2.24) is 14.7 Å². The highest BCUT2D eigenvalue weighted by Gasteiger charge is 2.23. The fraction of sp³-hybridized carbons (Fsp3) is 0.412. The van der Waals surface area contributed by atoms with Crippen molar-refractivity contribution in [2.45, 2.75) is 26.2 Å². The Kier molecular flexibility index (Phi) is 4.04. The van der Waals surface area contributed by atoms with Gasteiger partial charge in [0.25, 0.3) is 5.91 Å². The number of amides is 1. The molecule has 1 fully saturated rings. The van der Waals surface area contributed by atoms with Crippen LogP contribution in [0.15, 0.2) is 42.7 Å². The number of hydrogen-bond acceptors (Lipinski definition) is 2. The first kappa shape index (κ1) is 13.9. The lowest BCUT2D eigenvalue weighted by Crippen LogP contribution is -2.39. The number of nitrogens with zero attached hydrogens (tertiary/aromatic N) is 3. The SMILES string of the molecule is CCC1CCCN(C(=O)c2ccc(-n3cccn3)cc2)C1. The van der Waals surface area contributed by atoms with Crippen LogP contribution in [0, 0.1) is 5.92 Å². The Morgan fingerprint density at radius 3 is 2.81 bits per heavy atom. The van der Waals surface area contributed by atoms with E-state index in [0.717, 1.165) is 37.2 Å². The predicted octanol–water partition coefficient (Wildman–Crippen LogP) is 3.13. The molecule has 0 spiro atoms. The number of carbonyl (C=O) groups excluding carboxylic acids is 1. The number of hydrogen-bond donors (Lipinski definition) is 0. The van der Waals surface area contributed by atoms with E-state index in [1.807, 2.05) is 41.4 Å². The van der Waals surface area contributed by atoms with Crippen LogP contribution in [0.1, 0.15) is 36.5 Å². The Labute approximate surface area is 125 Å². The van der Waals surface area contributed by atoms with Crippen molar-refractivity contribution in [3.05, 3.63) is 48.3 Å². The predicted molar refractivity (Wildman–Crippen MR) is 82.5 cm³/mol. The highest BCUT2D eigenvalue weighted by molar-refractivity contribution is 5.94. The molecule has 1 amide bonds. The fourth-order valence-electron chi connectivity index (χ4n) is 2.94. The molecule has 1 saturated heterocycles. The molecule has 0 saturated carbocycles. The van der Waals surface area contributed by atoms with Gasteiger partial charge in [0, 0.05) is 31.0 Å². The summed E-state index contributed by atoms with van der Waals surface area (Å²) < 4.78 is 1.79. The molecule has 0 radical (unpaired) electrons. The van der Waals surface area contributed by atoms with Gasteiger partial charge in [-0.05, 0) is 49.1 Å². The minimum Gasteiger partial charge on any atom is -0.338 e. The highest BCUT2D eigenvalue weighted by atomic mass is 16.2. The van der Waals surface area contributed by atoms with Crippen LogP contribution in [0.25, 0.3) is 5.69 Å². The van der Waals surface area contributed by atoms with E-state index in [4.69, 9.17) is 0 Å². The third kappa shape index (κ3) is 2.99. The van der Waals surface area contributed by atoms with Crippen LogP contribution in [0.3, 0.4) is 0 Å². The number of carbonyl (C=O) groups is 1. The lowest BCUT2D eigenvalue weighted by atomic mass is 9.95. The summed E-state index contributed by atoms with van der Waals surface area (Å²) >= 11 is 0. The standard InChI is InChI=1S/C17H21N3O/c1-2-14-5-3-11-19(13-14)17(21)15-6-8-16(9-7-15)20-12-4-10-18-20/h4,6-10,12,14H,2-3,5,11,13H2,1H3. The minimum atomic E-state index is 0.153. The Morgan fingerprint density at radius 1 is 1.33 bits per heavy atom. The second-order valence-corrected chi connectivity index (χ2v) is 5.67. The molecule has 1 aliphatic heterocycles. The van der Waals surface area contributed by atoms with Crippen LogP contribution in [0.4, 0.5) is 0 Å². The van der Waals surface area contributed by atoms with Gasteiger partial charge in [-0.3, -0.25) is 4.79 Å². The van der Waals surface area contributed by atoms with Crippen molar-refractivity contribution >= 4 is 5.91 Å². The summed E-state index contributed by atoms with van der Waals surface area (Å²) in [7, 11) is 0. The Bertz CT molecular complexity index is 589. The van der Waals surface area contributed by atoms with E-state index in [1.165, 1.54) is 6.42 Å². The average molecular weight is 283 g/mol. The largest absolute Gasteiger partial charge is 0.338 e. The molecule has 110 valence electrons. The van der Waals surface area contributed by atoms with Gasteiger partial charge in [-0.2, -0.15) is 5.10 Å². The Hall–Kier alpha value is -2.10. The van der Waals surface area contributed by atoms with Gasteiger partial charge in [0.05, 0.1) is 5.69 Å². The molecule has 4 heteroatoms. The third-order valence-corrected chi connectivity index (χ3v) is 4.27. The lowest BCUT2D eigenvalue weighted by Gasteiger charge is -2.32. The summed E-state index contributed by atoms with van der Waals surface area (Å²) in [5.74, 6) is 0.811. The number of benzene rings is 1. The van der Waals surface area contributed by atoms with E-state index >= 15 is 0 Å². The van der Waals surface area contributed by atoms with Gasteiger partial charge in [0.2, 0.25) is 0 Å². The molecule has 0 bridgehead atoms. The Balaban J connectivity index is 1.73. The van der Waals surface area contributed by atoms with Gasteiger partial charge in [-0.15, -0.1) is 0 Å². The van der Waals surface area contributed by atoms with E-state index in [1.54, 1.807) is 10.9 Å². The van der Waals surface area contributed by atoms with Gasteiger partial charge >= 0.3 is 0 Å². The maximum Gasteiger partial charge on any atom is 0.253 e. The molecule has 0 N–H and O–H groups in total. The summed E-state index contributed by atoms with van der Waals surface area (Å²) in [6.45, 7) is 3.99. The third-order valence-electron chi connectivity index (χ3n) is 4.27. The fourth-order valence-corrected chi connectivity index (χ4v) is 2.94. The summed E-state index contributed by atoms with van der Waals surface area (Å²) in [4.78, 5) is 14.6. The van der Waals surface area contributed by atoms with E-state index in [2.05, 4.69) is 12.0 Å². The van der Waals surface area contributed by atoms with Crippen LogP contribution in [-0.4, -0.2) is 33.7 Å². The second-order valence-electron chi connectivity index (χ2n) is 5.67. The molecule has 0 aliphatic carbocycles. The zero-order valence-corrected chi connectivity index (χ0v) is 12.4. The molecule has 3 rings (SSSR count). The molecule has 1 atom stereocenters.